The lowest BCUT2D eigenvalue weighted by Crippen LogP contribution is -2.47. The molecule has 216 valence electrons. The van der Waals surface area contributed by atoms with Crippen molar-refractivity contribution in [3.05, 3.63) is 112 Å². The van der Waals surface area contributed by atoms with Gasteiger partial charge in [-0.2, -0.15) is 0 Å². The number of anilines is 1. The third kappa shape index (κ3) is 6.00. The van der Waals surface area contributed by atoms with Crippen molar-refractivity contribution in [2.24, 2.45) is 0 Å². The molecule has 0 spiro atoms. The van der Waals surface area contributed by atoms with E-state index >= 15 is 0 Å². The first-order valence-electron chi connectivity index (χ1n) is 14.7. The Bertz CT molecular complexity index is 1770. The Kier molecular flexibility index (Phi) is 8.86. The molecule has 0 saturated heterocycles. The van der Waals surface area contributed by atoms with Gasteiger partial charge in [0.1, 0.15) is 17.4 Å². The second-order valence-corrected chi connectivity index (χ2v) is 10.7. The first-order valence-corrected chi connectivity index (χ1v) is 14.7. The summed E-state index contributed by atoms with van der Waals surface area (Å²) in [6.07, 6.45) is 3.94. The lowest BCUT2D eigenvalue weighted by atomic mass is 10.0. The second kappa shape index (κ2) is 12.9. The molecule has 5 aromatic rings. The highest BCUT2D eigenvalue weighted by molar-refractivity contribution is 6.10. The fourth-order valence-corrected chi connectivity index (χ4v) is 5.57. The largest absolute Gasteiger partial charge is 0.427 e. The summed E-state index contributed by atoms with van der Waals surface area (Å²) in [5.74, 6) is -0.332. The summed E-state index contributed by atoms with van der Waals surface area (Å²) in [7, 11) is 1.56. The molecule has 0 aliphatic heterocycles. The fourth-order valence-electron chi connectivity index (χ4n) is 5.57. The Morgan fingerprint density at radius 2 is 1.62 bits per heavy atom. The molecule has 1 atom stereocenters. The van der Waals surface area contributed by atoms with Crippen LogP contribution in [0.15, 0.2) is 94.1 Å². The van der Waals surface area contributed by atoms with Crippen molar-refractivity contribution in [2.75, 3.05) is 12.4 Å². The van der Waals surface area contributed by atoms with Crippen LogP contribution in [0.25, 0.3) is 21.8 Å². The lowest BCUT2D eigenvalue weighted by molar-refractivity contribution is -0.120. The third-order valence-corrected chi connectivity index (χ3v) is 7.86. The molecule has 3 aromatic carbocycles. The van der Waals surface area contributed by atoms with Crippen LogP contribution in [0.2, 0.25) is 0 Å². The van der Waals surface area contributed by atoms with Gasteiger partial charge in [-0.1, -0.05) is 68.3 Å². The van der Waals surface area contributed by atoms with Crippen LogP contribution in [0.5, 0.6) is 0 Å². The zero-order valence-corrected chi connectivity index (χ0v) is 24.4. The molecule has 0 saturated carbocycles. The number of aryl methyl sites for hydroxylation is 2. The normalized spacial score (nSPS) is 12.0. The maximum Gasteiger partial charge on any atom is 0.348 e. The third-order valence-electron chi connectivity index (χ3n) is 7.86. The molecule has 42 heavy (non-hydrogen) atoms. The summed E-state index contributed by atoms with van der Waals surface area (Å²) in [6, 6.07) is 26.0. The Balaban J connectivity index is 1.43. The maximum atomic E-state index is 13.8. The van der Waals surface area contributed by atoms with Crippen LogP contribution in [0, 0.1) is 0 Å². The number of nitrogens with zero attached hydrogens (tertiary/aromatic N) is 2. The van der Waals surface area contributed by atoms with E-state index in [2.05, 4.69) is 35.9 Å². The van der Waals surface area contributed by atoms with E-state index in [0.717, 1.165) is 53.2 Å². The van der Waals surface area contributed by atoms with Crippen LogP contribution >= 0.6 is 0 Å². The number of nitrogens with one attached hydrogen (secondary N) is 1. The van der Waals surface area contributed by atoms with Gasteiger partial charge in [-0.3, -0.25) is 9.59 Å². The molecule has 7 heteroatoms. The maximum absolute atomic E-state index is 13.8. The molecule has 2 aromatic heterocycles. The quantitative estimate of drug-likeness (QED) is 0.179. The van der Waals surface area contributed by atoms with E-state index in [-0.39, 0.29) is 17.9 Å². The van der Waals surface area contributed by atoms with Gasteiger partial charge in [-0.25, -0.2) is 4.79 Å². The number of unbranched alkanes of at least 4 members (excludes halogenated alkanes) is 2. The number of carbonyl (C=O) groups excluding carboxylic acids is 2. The van der Waals surface area contributed by atoms with Gasteiger partial charge < -0.3 is 19.2 Å². The molecular weight excluding hydrogens is 526 g/mol. The molecule has 1 N–H and O–H groups in total. The first kappa shape index (κ1) is 28.9. The topological polar surface area (TPSA) is 84.5 Å². The van der Waals surface area contributed by atoms with Crippen molar-refractivity contribution in [1.82, 2.24) is 9.47 Å². The van der Waals surface area contributed by atoms with Gasteiger partial charge in [0.25, 0.3) is 5.91 Å². The highest BCUT2D eigenvalue weighted by atomic mass is 16.4. The highest BCUT2D eigenvalue weighted by Gasteiger charge is 2.30. The number of carbonyl (C=O) groups is 2. The predicted molar refractivity (Wildman–Crippen MR) is 168 cm³/mol. The first-order chi connectivity index (χ1) is 20.4. The molecule has 0 aliphatic rings. The summed E-state index contributed by atoms with van der Waals surface area (Å²) in [5.41, 5.74) is 3.00. The van der Waals surface area contributed by atoms with E-state index in [1.54, 1.807) is 13.1 Å². The van der Waals surface area contributed by atoms with E-state index in [1.807, 2.05) is 60.7 Å². The van der Waals surface area contributed by atoms with Crippen LogP contribution in [0.1, 0.15) is 54.8 Å². The summed E-state index contributed by atoms with van der Waals surface area (Å²) < 4.78 is 7.71. The number of likely N-dealkylation sites (N-methyl/N-ethyl adjacent to an activating group) is 1. The van der Waals surface area contributed by atoms with E-state index in [1.165, 1.54) is 11.0 Å². The fraction of sp³-hybridized carbons (Fsp3) is 0.286. The average Bonchev–Trinajstić information content (AvgIpc) is 3.33. The summed E-state index contributed by atoms with van der Waals surface area (Å²) in [6.45, 7) is 5.05. The molecule has 5 rings (SSSR count). The van der Waals surface area contributed by atoms with Gasteiger partial charge in [0.15, 0.2) is 0 Å². The van der Waals surface area contributed by atoms with E-state index in [0.29, 0.717) is 17.9 Å². The molecule has 1 unspecified atom stereocenters. The molecule has 7 nitrogen and oxygen atoms in total. The molecule has 2 heterocycles. The Morgan fingerprint density at radius 3 is 2.36 bits per heavy atom. The Morgan fingerprint density at radius 1 is 0.881 bits per heavy atom. The van der Waals surface area contributed by atoms with Gasteiger partial charge in [-0.05, 0) is 55.3 Å². The number of benzene rings is 3. The van der Waals surface area contributed by atoms with Gasteiger partial charge in [0.05, 0.1) is 0 Å². The number of aromatic nitrogens is 1. The van der Waals surface area contributed by atoms with Crippen LogP contribution in [-0.4, -0.2) is 34.4 Å². The zero-order chi connectivity index (χ0) is 29.6. The van der Waals surface area contributed by atoms with Crippen LogP contribution in [0.3, 0.4) is 0 Å². The smallest absolute Gasteiger partial charge is 0.348 e. The second-order valence-electron chi connectivity index (χ2n) is 10.7. The van der Waals surface area contributed by atoms with Crippen molar-refractivity contribution in [2.45, 2.75) is 58.5 Å². The van der Waals surface area contributed by atoms with Gasteiger partial charge in [0.2, 0.25) is 5.91 Å². The van der Waals surface area contributed by atoms with Crippen LogP contribution < -0.4 is 10.9 Å². The standard InChI is InChI=1S/C35H37N3O4/c1-4-6-8-15-26-19-20-28(35(41)42-26)34(40)37(3)32(22-24-13-9-7-10-14-24)33(39)36-25-18-21-31-29(23-25)27-16-11-12-17-30(27)38(31)5-2/h7,9-14,16-21,23,32H,4-6,8,15,22H2,1-3H3,(H,36,39). The minimum Gasteiger partial charge on any atom is -0.427 e. The van der Waals surface area contributed by atoms with Gasteiger partial charge in [-0.15, -0.1) is 0 Å². The number of para-hydroxylation sites is 1. The highest BCUT2D eigenvalue weighted by Crippen LogP contribution is 2.31. The van der Waals surface area contributed by atoms with Crippen molar-refractivity contribution in [3.63, 3.8) is 0 Å². The minimum absolute atomic E-state index is 0.0867. The van der Waals surface area contributed by atoms with E-state index < -0.39 is 17.6 Å². The lowest BCUT2D eigenvalue weighted by Gasteiger charge is -2.27. The monoisotopic (exact) mass is 563 g/mol. The van der Waals surface area contributed by atoms with Crippen molar-refractivity contribution in [1.29, 1.82) is 0 Å². The van der Waals surface area contributed by atoms with Gasteiger partial charge >= 0.3 is 5.63 Å². The number of hydrogen-bond acceptors (Lipinski definition) is 4. The number of fused-ring (bicyclic) bond motifs is 3. The number of amides is 2. The number of rotatable bonds is 11. The minimum atomic E-state index is -0.865. The molecule has 0 fully saturated rings. The number of hydrogen-bond donors (Lipinski definition) is 1. The van der Waals surface area contributed by atoms with E-state index in [4.69, 9.17) is 4.42 Å². The average molecular weight is 564 g/mol. The zero-order valence-electron chi connectivity index (χ0n) is 24.4. The van der Waals surface area contributed by atoms with Crippen molar-refractivity contribution >= 4 is 39.3 Å². The predicted octanol–water partition coefficient (Wildman–Crippen LogP) is 6.82. The molecular formula is C35H37N3O4. The molecule has 2 amide bonds. The SMILES string of the molecule is CCCCCc1ccc(C(=O)N(C)C(Cc2ccccc2)C(=O)Nc2ccc3c(c2)c2ccccc2n3CC)c(=O)o1. The Labute approximate surface area is 245 Å². The molecule has 0 radical (unpaired) electrons. The molecule has 0 bridgehead atoms. The summed E-state index contributed by atoms with van der Waals surface area (Å²) in [4.78, 5) is 41.5. The van der Waals surface area contributed by atoms with Crippen molar-refractivity contribution in [3.8, 4) is 0 Å². The summed E-state index contributed by atoms with van der Waals surface area (Å²) in [5, 5.41) is 5.20. The Hall–Kier alpha value is -4.65. The van der Waals surface area contributed by atoms with Crippen LogP contribution in [-0.2, 0) is 24.2 Å². The van der Waals surface area contributed by atoms with Crippen LogP contribution in [0.4, 0.5) is 5.69 Å². The van der Waals surface area contributed by atoms with Crippen molar-refractivity contribution < 1.29 is 14.0 Å². The summed E-state index contributed by atoms with van der Waals surface area (Å²) >= 11 is 0. The molecule has 0 aliphatic carbocycles. The van der Waals surface area contributed by atoms with E-state index in [9.17, 15) is 14.4 Å². The van der Waals surface area contributed by atoms with Gasteiger partial charge in [0, 0.05) is 53.9 Å².